The zero-order valence-electron chi connectivity index (χ0n) is 22.0. The number of anilines is 3. The number of hydrogen-bond acceptors (Lipinski definition) is 6. The van der Waals surface area contributed by atoms with Crippen molar-refractivity contribution in [3.63, 3.8) is 0 Å². The second-order valence-electron chi connectivity index (χ2n) is 9.17. The number of nitrogens with one attached hydrogen (secondary N) is 2. The Balaban J connectivity index is 1.70. The maximum Gasteiger partial charge on any atom is 0.261 e. The monoisotopic (exact) mass is 624 g/mol. The van der Waals surface area contributed by atoms with Crippen LogP contribution < -0.4 is 14.9 Å². The third-order valence-electron chi connectivity index (χ3n) is 6.60. The zero-order valence-corrected chi connectivity index (χ0v) is 25.2. The molecule has 3 aromatic rings. The summed E-state index contributed by atoms with van der Waals surface area (Å²) >= 11 is 12.2. The molecule has 9 nitrogen and oxygen atoms in total. The van der Waals surface area contributed by atoms with E-state index in [1.807, 2.05) is 0 Å². The Hall–Kier alpha value is -2.83. The average molecular weight is 626 g/mol. The van der Waals surface area contributed by atoms with E-state index >= 15 is 0 Å². The van der Waals surface area contributed by atoms with Crippen molar-refractivity contribution >= 4 is 66.2 Å². The van der Waals surface area contributed by atoms with Crippen LogP contribution in [0.15, 0.2) is 70.5 Å². The molecular formula is C27H30Cl2N4O5S2. The molecule has 1 amide bonds. The van der Waals surface area contributed by atoms with Gasteiger partial charge in [0.05, 0.1) is 31.8 Å². The van der Waals surface area contributed by atoms with Gasteiger partial charge in [0.15, 0.2) is 0 Å². The van der Waals surface area contributed by atoms with Gasteiger partial charge in [-0.15, -0.1) is 0 Å². The number of sulfonamides is 2. The molecule has 1 saturated heterocycles. The van der Waals surface area contributed by atoms with Gasteiger partial charge < -0.3 is 10.2 Å². The SMILES string of the molecule is CCN(CC)S(=O)(=O)c1ccc(Cl)c(C(=O)Nc2cc(S(=O)(=O)Nc3ccc(Cl)cc3)ccc2N2CCCC2)c1. The maximum absolute atomic E-state index is 13.5. The van der Waals surface area contributed by atoms with E-state index in [-0.39, 0.29) is 39.2 Å². The summed E-state index contributed by atoms with van der Waals surface area (Å²) in [6.07, 6.45) is 1.92. The van der Waals surface area contributed by atoms with Crippen LogP contribution in [0.1, 0.15) is 37.0 Å². The lowest BCUT2D eigenvalue weighted by molar-refractivity contribution is 0.102. The molecule has 0 saturated carbocycles. The van der Waals surface area contributed by atoms with Crippen molar-refractivity contribution in [2.75, 3.05) is 41.1 Å². The van der Waals surface area contributed by atoms with Gasteiger partial charge in [-0.2, -0.15) is 4.31 Å². The highest BCUT2D eigenvalue weighted by molar-refractivity contribution is 7.92. The van der Waals surface area contributed by atoms with Gasteiger partial charge in [-0.05, 0) is 73.5 Å². The van der Waals surface area contributed by atoms with Crippen LogP contribution in [-0.2, 0) is 20.0 Å². The summed E-state index contributed by atoms with van der Waals surface area (Å²) in [5, 5.41) is 3.31. The lowest BCUT2D eigenvalue weighted by Gasteiger charge is -2.23. The molecular weight excluding hydrogens is 595 g/mol. The lowest BCUT2D eigenvalue weighted by Crippen LogP contribution is -2.30. The number of nitrogens with zero attached hydrogens (tertiary/aromatic N) is 2. The van der Waals surface area contributed by atoms with Crippen LogP contribution in [-0.4, -0.2) is 53.2 Å². The molecule has 0 unspecified atom stereocenters. The number of carbonyl (C=O) groups is 1. The van der Waals surface area contributed by atoms with Crippen molar-refractivity contribution in [2.24, 2.45) is 0 Å². The van der Waals surface area contributed by atoms with Gasteiger partial charge in [0.2, 0.25) is 10.0 Å². The molecule has 1 aliphatic rings. The molecule has 0 spiro atoms. The summed E-state index contributed by atoms with van der Waals surface area (Å²) in [6.45, 7) is 5.49. The van der Waals surface area contributed by atoms with E-state index in [0.29, 0.717) is 16.4 Å². The van der Waals surface area contributed by atoms with Gasteiger partial charge in [0, 0.05) is 36.9 Å². The lowest BCUT2D eigenvalue weighted by atomic mass is 10.2. The molecule has 3 aromatic carbocycles. The minimum absolute atomic E-state index is 0.0465. The predicted octanol–water partition coefficient (Wildman–Crippen LogP) is 5.68. The fraction of sp³-hybridized carbons (Fsp3) is 0.296. The number of halogens is 2. The van der Waals surface area contributed by atoms with E-state index in [4.69, 9.17) is 23.2 Å². The molecule has 13 heteroatoms. The maximum atomic E-state index is 13.5. The fourth-order valence-electron chi connectivity index (χ4n) is 4.49. The first-order valence-corrected chi connectivity index (χ1v) is 16.4. The molecule has 0 aromatic heterocycles. The van der Waals surface area contributed by atoms with Crippen molar-refractivity contribution < 1.29 is 21.6 Å². The summed E-state index contributed by atoms with van der Waals surface area (Å²) in [7, 11) is -7.85. The van der Waals surface area contributed by atoms with Gasteiger partial charge in [-0.3, -0.25) is 9.52 Å². The molecule has 1 fully saturated rings. The summed E-state index contributed by atoms with van der Waals surface area (Å²) in [5.41, 5.74) is 1.20. The highest BCUT2D eigenvalue weighted by Crippen LogP contribution is 2.33. The van der Waals surface area contributed by atoms with Crippen molar-refractivity contribution in [2.45, 2.75) is 36.5 Å². The van der Waals surface area contributed by atoms with Crippen molar-refractivity contribution in [3.8, 4) is 0 Å². The van der Waals surface area contributed by atoms with Crippen molar-refractivity contribution in [3.05, 3.63) is 76.3 Å². The van der Waals surface area contributed by atoms with Crippen LogP contribution in [0.4, 0.5) is 17.1 Å². The van der Waals surface area contributed by atoms with Gasteiger partial charge in [-0.25, -0.2) is 16.8 Å². The minimum Gasteiger partial charge on any atom is -0.370 e. The molecule has 40 heavy (non-hydrogen) atoms. The number of amides is 1. The van der Waals surface area contributed by atoms with Crippen LogP contribution in [0.3, 0.4) is 0 Å². The second kappa shape index (κ2) is 12.4. The van der Waals surface area contributed by atoms with Crippen molar-refractivity contribution in [1.82, 2.24) is 4.31 Å². The van der Waals surface area contributed by atoms with Crippen LogP contribution >= 0.6 is 23.2 Å². The Labute approximate surface area is 245 Å². The Morgan fingerprint density at radius 2 is 1.50 bits per heavy atom. The topological polar surface area (TPSA) is 116 Å². The van der Waals surface area contributed by atoms with E-state index in [1.165, 1.54) is 34.6 Å². The first-order chi connectivity index (χ1) is 19.0. The standard InChI is InChI=1S/C27H30Cl2N4O5S2/c1-3-33(4-2)40(37,38)22-11-13-24(29)23(17-22)27(34)30-25-18-21(12-14-26(25)32-15-5-6-16-32)39(35,36)31-20-9-7-19(28)8-10-20/h7-14,17-18,31H,3-6,15-16H2,1-2H3,(H,30,34). The highest BCUT2D eigenvalue weighted by Gasteiger charge is 2.26. The average Bonchev–Trinajstić information content (AvgIpc) is 3.45. The molecule has 1 aliphatic heterocycles. The number of hydrogen-bond donors (Lipinski definition) is 2. The zero-order chi connectivity index (χ0) is 29.1. The predicted molar refractivity (Wildman–Crippen MR) is 160 cm³/mol. The largest absolute Gasteiger partial charge is 0.370 e. The molecule has 0 aliphatic carbocycles. The van der Waals surface area contributed by atoms with Gasteiger partial charge in [-0.1, -0.05) is 37.0 Å². The van der Waals surface area contributed by atoms with Gasteiger partial charge >= 0.3 is 0 Å². The highest BCUT2D eigenvalue weighted by atomic mass is 35.5. The molecule has 4 rings (SSSR count). The Bertz CT molecular complexity index is 1600. The van der Waals surface area contributed by atoms with Gasteiger partial charge in [0.1, 0.15) is 0 Å². The number of benzene rings is 3. The smallest absolute Gasteiger partial charge is 0.261 e. The van der Waals surface area contributed by atoms with Gasteiger partial charge in [0.25, 0.3) is 15.9 Å². The number of rotatable bonds is 10. The first kappa shape index (κ1) is 30.1. The van der Waals surface area contributed by atoms with E-state index in [2.05, 4.69) is 14.9 Å². The van der Waals surface area contributed by atoms with Crippen LogP contribution in [0, 0.1) is 0 Å². The third kappa shape index (κ3) is 6.55. The molecule has 0 atom stereocenters. The number of carbonyl (C=O) groups excluding carboxylic acids is 1. The molecule has 2 N–H and O–H groups in total. The summed E-state index contributed by atoms with van der Waals surface area (Å²) in [5.74, 6) is -0.665. The van der Waals surface area contributed by atoms with Crippen molar-refractivity contribution in [1.29, 1.82) is 0 Å². The Morgan fingerprint density at radius 3 is 2.12 bits per heavy atom. The summed E-state index contributed by atoms with van der Waals surface area (Å²) in [6, 6.07) is 14.7. The van der Waals surface area contributed by atoms with E-state index < -0.39 is 26.0 Å². The minimum atomic E-state index is -4.01. The quantitative estimate of drug-likeness (QED) is 0.300. The van der Waals surface area contributed by atoms with E-state index in [0.717, 1.165) is 25.9 Å². The van der Waals surface area contributed by atoms with E-state index in [1.54, 1.807) is 44.2 Å². The normalized spacial score (nSPS) is 14.0. The van der Waals surface area contributed by atoms with Crippen LogP contribution in [0.5, 0.6) is 0 Å². The van der Waals surface area contributed by atoms with Crippen LogP contribution in [0.2, 0.25) is 10.0 Å². The third-order valence-corrected chi connectivity index (χ3v) is 10.6. The fourth-order valence-corrected chi connectivity index (χ4v) is 7.39. The first-order valence-electron chi connectivity index (χ1n) is 12.7. The summed E-state index contributed by atoms with van der Waals surface area (Å²) < 4.78 is 56.3. The Kier molecular flexibility index (Phi) is 9.31. The Morgan fingerprint density at radius 1 is 0.875 bits per heavy atom. The molecule has 0 radical (unpaired) electrons. The molecule has 214 valence electrons. The molecule has 0 bridgehead atoms. The molecule has 1 heterocycles. The van der Waals surface area contributed by atoms with Crippen LogP contribution in [0.25, 0.3) is 0 Å². The summed E-state index contributed by atoms with van der Waals surface area (Å²) in [4.78, 5) is 15.4. The van der Waals surface area contributed by atoms with E-state index in [9.17, 15) is 21.6 Å². The second-order valence-corrected chi connectivity index (χ2v) is 13.6.